The topological polar surface area (TPSA) is 110 Å². The zero-order valence-corrected chi connectivity index (χ0v) is 8.77. The zero-order chi connectivity index (χ0) is 12.3. The molecule has 0 saturated carbocycles. The number of rotatable bonds is 2. The number of hydrazine groups is 1. The van der Waals surface area contributed by atoms with Crippen LogP contribution in [-0.4, -0.2) is 17.1 Å². The van der Waals surface area contributed by atoms with Crippen molar-refractivity contribution in [3.8, 4) is 0 Å². The second kappa shape index (κ2) is 4.52. The van der Waals surface area contributed by atoms with E-state index >= 15 is 0 Å². The molecular formula is C10H10N4O3. The van der Waals surface area contributed by atoms with E-state index in [1.807, 2.05) is 17.6 Å². The summed E-state index contributed by atoms with van der Waals surface area (Å²) in [6.07, 6.45) is -0.00269. The summed E-state index contributed by atoms with van der Waals surface area (Å²) in [7, 11) is 0. The number of hydrogen-bond donors (Lipinski definition) is 3. The molecule has 7 heteroatoms. The van der Waals surface area contributed by atoms with Crippen molar-refractivity contribution in [3.63, 3.8) is 0 Å². The molecule has 0 fully saturated rings. The minimum atomic E-state index is -0.830. The third-order valence-corrected chi connectivity index (χ3v) is 2.11. The monoisotopic (exact) mass is 234 g/mol. The lowest BCUT2D eigenvalue weighted by atomic mass is 10.2. The number of primary amides is 1. The minimum Gasteiger partial charge on any atom is -0.356 e. The van der Waals surface area contributed by atoms with Gasteiger partial charge in [0.1, 0.15) is 5.69 Å². The van der Waals surface area contributed by atoms with Crippen molar-refractivity contribution < 1.29 is 14.1 Å². The van der Waals surface area contributed by atoms with E-state index in [9.17, 15) is 9.59 Å². The van der Waals surface area contributed by atoms with Gasteiger partial charge in [0.05, 0.1) is 6.42 Å². The van der Waals surface area contributed by atoms with Crippen molar-refractivity contribution in [2.24, 2.45) is 5.73 Å². The molecule has 1 heterocycles. The van der Waals surface area contributed by atoms with Crippen molar-refractivity contribution in [2.45, 2.75) is 6.42 Å². The number of hydrogen-bond acceptors (Lipinski definition) is 4. The van der Waals surface area contributed by atoms with Crippen LogP contribution in [0.3, 0.4) is 0 Å². The largest absolute Gasteiger partial charge is 0.356 e. The molecule has 0 atom stereocenters. The average Bonchev–Trinajstić information content (AvgIpc) is 2.70. The van der Waals surface area contributed by atoms with Crippen LogP contribution in [0.25, 0.3) is 11.0 Å². The lowest BCUT2D eigenvalue weighted by Crippen LogP contribution is -2.45. The number of nitrogens with two attached hydrogens (primary N) is 1. The quantitative estimate of drug-likeness (QED) is 0.638. The minimum absolute atomic E-state index is 0.00269. The Labute approximate surface area is 95.9 Å². The van der Waals surface area contributed by atoms with Crippen molar-refractivity contribution >= 4 is 22.9 Å². The van der Waals surface area contributed by atoms with E-state index in [1.54, 1.807) is 12.1 Å². The predicted octanol–water partition coefficient (Wildman–Crippen LogP) is 0.0698. The van der Waals surface area contributed by atoms with Gasteiger partial charge in [0.15, 0.2) is 5.58 Å². The number of benzene rings is 1. The van der Waals surface area contributed by atoms with Crippen LogP contribution in [-0.2, 0) is 11.2 Å². The van der Waals surface area contributed by atoms with E-state index in [2.05, 4.69) is 10.6 Å². The van der Waals surface area contributed by atoms with E-state index in [0.717, 1.165) is 5.39 Å². The summed E-state index contributed by atoms with van der Waals surface area (Å²) in [6, 6.07) is 6.36. The molecule has 3 amide bonds. The number of carbonyl (C=O) groups excluding carboxylic acids is 2. The van der Waals surface area contributed by atoms with Crippen LogP contribution in [0.1, 0.15) is 5.69 Å². The maximum Gasteiger partial charge on any atom is 0.330 e. The number of nitrogens with one attached hydrogen (secondary N) is 2. The van der Waals surface area contributed by atoms with E-state index in [-0.39, 0.29) is 6.42 Å². The summed E-state index contributed by atoms with van der Waals surface area (Å²) >= 11 is 0. The number of aromatic nitrogens is 1. The van der Waals surface area contributed by atoms with Gasteiger partial charge in [-0.3, -0.25) is 10.2 Å². The average molecular weight is 234 g/mol. The van der Waals surface area contributed by atoms with Gasteiger partial charge in [0, 0.05) is 5.39 Å². The first-order valence-corrected chi connectivity index (χ1v) is 4.84. The molecule has 0 aliphatic carbocycles. The predicted molar refractivity (Wildman–Crippen MR) is 58.6 cm³/mol. The molecule has 0 radical (unpaired) electrons. The standard InChI is InChI=1S/C10H10N4O3/c11-10(16)13-12-9(15)5-7-6-3-1-2-4-8(6)17-14-7/h1-4H,5H2,(H,12,15)(H3,11,13,16). The summed E-state index contributed by atoms with van der Waals surface area (Å²) < 4.78 is 5.03. The molecule has 2 aromatic rings. The first kappa shape index (κ1) is 10.9. The van der Waals surface area contributed by atoms with E-state index in [1.165, 1.54) is 0 Å². The summed E-state index contributed by atoms with van der Waals surface area (Å²) in [5, 5.41) is 4.55. The number of para-hydroxylation sites is 1. The fourth-order valence-corrected chi connectivity index (χ4v) is 1.39. The Morgan fingerprint density at radius 3 is 2.82 bits per heavy atom. The fraction of sp³-hybridized carbons (Fsp3) is 0.100. The molecule has 0 aliphatic heterocycles. The molecule has 2 rings (SSSR count). The van der Waals surface area contributed by atoms with Crippen LogP contribution in [0.5, 0.6) is 0 Å². The smallest absolute Gasteiger partial charge is 0.330 e. The fourth-order valence-electron chi connectivity index (χ4n) is 1.39. The van der Waals surface area contributed by atoms with Crippen LogP contribution >= 0.6 is 0 Å². The van der Waals surface area contributed by atoms with Crippen molar-refractivity contribution in [2.75, 3.05) is 0 Å². The van der Waals surface area contributed by atoms with Gasteiger partial charge in [0.25, 0.3) is 0 Å². The Morgan fingerprint density at radius 1 is 1.29 bits per heavy atom. The van der Waals surface area contributed by atoms with E-state index in [4.69, 9.17) is 10.3 Å². The SMILES string of the molecule is NC(=O)NNC(=O)Cc1noc2ccccc12. The van der Waals surface area contributed by atoms with Crippen LogP contribution in [0.15, 0.2) is 28.8 Å². The molecule has 0 unspecified atom stereocenters. The molecule has 1 aromatic carbocycles. The second-order valence-electron chi connectivity index (χ2n) is 3.34. The molecule has 0 spiro atoms. The number of nitrogens with zero attached hydrogens (tertiary/aromatic N) is 1. The van der Waals surface area contributed by atoms with Gasteiger partial charge in [-0.05, 0) is 12.1 Å². The van der Waals surface area contributed by atoms with Crippen LogP contribution in [0.2, 0.25) is 0 Å². The van der Waals surface area contributed by atoms with Crippen LogP contribution in [0.4, 0.5) is 4.79 Å². The first-order valence-electron chi connectivity index (χ1n) is 4.84. The van der Waals surface area contributed by atoms with Gasteiger partial charge in [-0.15, -0.1) is 0 Å². The molecule has 1 aromatic heterocycles. The molecule has 0 bridgehead atoms. The van der Waals surface area contributed by atoms with Gasteiger partial charge >= 0.3 is 6.03 Å². The van der Waals surface area contributed by atoms with E-state index < -0.39 is 11.9 Å². The Balaban J connectivity index is 2.08. The zero-order valence-electron chi connectivity index (χ0n) is 8.77. The van der Waals surface area contributed by atoms with Crippen molar-refractivity contribution in [1.29, 1.82) is 0 Å². The first-order chi connectivity index (χ1) is 8.16. The maximum atomic E-state index is 11.4. The highest BCUT2D eigenvalue weighted by Crippen LogP contribution is 2.17. The third kappa shape index (κ3) is 2.51. The maximum absolute atomic E-state index is 11.4. The lowest BCUT2D eigenvalue weighted by Gasteiger charge is -2.02. The molecule has 4 N–H and O–H groups in total. The van der Waals surface area contributed by atoms with Gasteiger partial charge in [-0.1, -0.05) is 17.3 Å². The number of amides is 3. The van der Waals surface area contributed by atoms with Gasteiger partial charge in [-0.25, -0.2) is 10.2 Å². The molecule has 17 heavy (non-hydrogen) atoms. The molecular weight excluding hydrogens is 224 g/mol. The number of carbonyl (C=O) groups is 2. The highest BCUT2D eigenvalue weighted by atomic mass is 16.5. The lowest BCUT2D eigenvalue weighted by molar-refractivity contribution is -0.121. The van der Waals surface area contributed by atoms with Crippen LogP contribution in [0, 0.1) is 0 Å². The van der Waals surface area contributed by atoms with Crippen molar-refractivity contribution in [3.05, 3.63) is 30.0 Å². The Hall–Kier alpha value is -2.57. The highest BCUT2D eigenvalue weighted by Gasteiger charge is 2.11. The summed E-state index contributed by atoms with van der Waals surface area (Å²) in [6.45, 7) is 0. The number of urea groups is 1. The Kier molecular flexibility index (Phi) is 2.91. The second-order valence-corrected chi connectivity index (χ2v) is 3.34. The summed E-state index contributed by atoms with van der Waals surface area (Å²) in [4.78, 5) is 21.8. The molecule has 88 valence electrons. The van der Waals surface area contributed by atoms with Gasteiger partial charge in [-0.2, -0.15) is 0 Å². The number of fused-ring (bicyclic) bond motifs is 1. The summed E-state index contributed by atoms with van der Waals surface area (Å²) in [5.74, 6) is -0.428. The van der Waals surface area contributed by atoms with Gasteiger partial charge < -0.3 is 10.3 Å². The summed E-state index contributed by atoms with van der Waals surface area (Å²) in [5.41, 5.74) is 10.0. The van der Waals surface area contributed by atoms with E-state index in [0.29, 0.717) is 11.3 Å². The molecule has 0 aliphatic rings. The highest BCUT2D eigenvalue weighted by molar-refractivity contribution is 5.87. The Morgan fingerprint density at radius 2 is 2.06 bits per heavy atom. The third-order valence-electron chi connectivity index (χ3n) is 2.11. The normalized spacial score (nSPS) is 10.1. The van der Waals surface area contributed by atoms with Crippen LogP contribution < -0.4 is 16.6 Å². The van der Waals surface area contributed by atoms with Gasteiger partial charge in [0.2, 0.25) is 5.91 Å². The van der Waals surface area contributed by atoms with Crippen molar-refractivity contribution in [1.82, 2.24) is 16.0 Å². The Bertz CT molecular complexity index is 563. The molecule has 0 saturated heterocycles. The molecule has 7 nitrogen and oxygen atoms in total.